The summed E-state index contributed by atoms with van der Waals surface area (Å²) >= 11 is 1.42. The van der Waals surface area contributed by atoms with Crippen LogP contribution in [0.5, 0.6) is 0 Å². The number of pyridine rings is 1. The van der Waals surface area contributed by atoms with Crippen molar-refractivity contribution in [2.75, 3.05) is 12.8 Å². The first-order valence-electron chi connectivity index (χ1n) is 8.85. The lowest BCUT2D eigenvalue weighted by atomic mass is 10.1. The van der Waals surface area contributed by atoms with Crippen LogP contribution in [0, 0.1) is 6.92 Å². The van der Waals surface area contributed by atoms with Crippen LogP contribution in [0.3, 0.4) is 0 Å². The lowest BCUT2D eigenvalue weighted by Crippen LogP contribution is -2.28. The predicted octanol–water partition coefficient (Wildman–Crippen LogP) is 3.42. The maximum atomic E-state index is 12.5. The molecule has 1 amide bonds. The highest BCUT2D eigenvalue weighted by Crippen LogP contribution is 2.26. The van der Waals surface area contributed by atoms with Crippen LogP contribution in [0.1, 0.15) is 18.1 Å². The van der Waals surface area contributed by atoms with Crippen molar-refractivity contribution in [1.29, 1.82) is 0 Å². The Kier molecular flexibility index (Phi) is 6.24. The van der Waals surface area contributed by atoms with Crippen LogP contribution in [-0.2, 0) is 17.9 Å². The topological polar surface area (TPSA) is 63.9 Å². The molecule has 0 saturated heterocycles. The Morgan fingerprint density at radius 1 is 1.19 bits per heavy atom. The second kappa shape index (κ2) is 8.81. The summed E-state index contributed by atoms with van der Waals surface area (Å²) in [5, 5.41) is 9.45. The van der Waals surface area contributed by atoms with E-state index in [0.29, 0.717) is 12.3 Å². The molecule has 1 aromatic carbocycles. The number of amides is 1. The van der Waals surface area contributed by atoms with Crippen LogP contribution in [0.2, 0.25) is 0 Å². The zero-order valence-electron chi connectivity index (χ0n) is 15.8. The van der Waals surface area contributed by atoms with Gasteiger partial charge in [-0.3, -0.25) is 9.78 Å². The summed E-state index contributed by atoms with van der Waals surface area (Å²) in [5.74, 6) is 1.21. The van der Waals surface area contributed by atoms with E-state index in [9.17, 15) is 4.79 Å². The van der Waals surface area contributed by atoms with Gasteiger partial charge in [-0.1, -0.05) is 42.1 Å². The highest BCUT2D eigenvalue weighted by molar-refractivity contribution is 7.99. The molecule has 140 valence electrons. The van der Waals surface area contributed by atoms with Crippen molar-refractivity contribution in [3.05, 3.63) is 59.9 Å². The first kappa shape index (κ1) is 19.1. The minimum absolute atomic E-state index is 0.0481. The zero-order chi connectivity index (χ0) is 19.2. The summed E-state index contributed by atoms with van der Waals surface area (Å²) in [7, 11) is 1.80. The second-order valence-electron chi connectivity index (χ2n) is 6.27. The van der Waals surface area contributed by atoms with Crippen LogP contribution in [0.15, 0.2) is 53.9 Å². The zero-order valence-corrected chi connectivity index (χ0v) is 16.6. The number of aromatic nitrogens is 4. The summed E-state index contributed by atoms with van der Waals surface area (Å²) in [6.07, 6.45) is 3.50. The number of hydrogen-bond donors (Lipinski definition) is 0. The van der Waals surface area contributed by atoms with Gasteiger partial charge in [-0.25, -0.2) is 0 Å². The van der Waals surface area contributed by atoms with Gasteiger partial charge in [0.1, 0.15) is 0 Å². The van der Waals surface area contributed by atoms with Gasteiger partial charge >= 0.3 is 0 Å². The third-order valence-corrected chi connectivity index (χ3v) is 5.26. The molecule has 0 radical (unpaired) electrons. The van der Waals surface area contributed by atoms with Gasteiger partial charge in [0, 0.05) is 38.1 Å². The fraction of sp³-hybridized carbons (Fsp3) is 0.300. The van der Waals surface area contributed by atoms with Crippen LogP contribution in [0.25, 0.3) is 11.4 Å². The van der Waals surface area contributed by atoms with Crippen LogP contribution in [0.4, 0.5) is 0 Å². The summed E-state index contributed by atoms with van der Waals surface area (Å²) in [6.45, 7) is 5.42. The lowest BCUT2D eigenvalue weighted by molar-refractivity contribution is -0.127. The second-order valence-corrected chi connectivity index (χ2v) is 7.21. The van der Waals surface area contributed by atoms with Crippen LogP contribution < -0.4 is 0 Å². The van der Waals surface area contributed by atoms with E-state index < -0.39 is 0 Å². The number of carbonyl (C=O) groups excluding carboxylic acids is 1. The number of hydrogen-bond acceptors (Lipinski definition) is 5. The molecule has 27 heavy (non-hydrogen) atoms. The average molecular weight is 382 g/mol. The maximum Gasteiger partial charge on any atom is 0.233 e. The fourth-order valence-electron chi connectivity index (χ4n) is 2.79. The van der Waals surface area contributed by atoms with E-state index >= 15 is 0 Å². The van der Waals surface area contributed by atoms with Crippen molar-refractivity contribution in [3.8, 4) is 11.4 Å². The van der Waals surface area contributed by atoms with E-state index in [1.807, 2.05) is 30.3 Å². The Hall–Kier alpha value is -2.67. The summed E-state index contributed by atoms with van der Waals surface area (Å²) in [4.78, 5) is 18.3. The first-order valence-corrected chi connectivity index (χ1v) is 9.83. The third-order valence-electron chi connectivity index (χ3n) is 4.31. The quantitative estimate of drug-likeness (QED) is 0.587. The Labute approximate surface area is 163 Å². The molecule has 0 spiro atoms. The molecule has 2 aromatic heterocycles. The van der Waals surface area contributed by atoms with Gasteiger partial charge in [-0.05, 0) is 31.0 Å². The van der Waals surface area contributed by atoms with Crippen molar-refractivity contribution in [1.82, 2.24) is 24.6 Å². The van der Waals surface area contributed by atoms with Crippen molar-refractivity contribution in [2.24, 2.45) is 0 Å². The normalized spacial score (nSPS) is 10.8. The Balaban J connectivity index is 1.68. The average Bonchev–Trinajstić information content (AvgIpc) is 3.09. The molecule has 3 rings (SSSR count). The molecule has 7 heteroatoms. The van der Waals surface area contributed by atoms with Crippen molar-refractivity contribution < 1.29 is 4.79 Å². The highest BCUT2D eigenvalue weighted by atomic mass is 32.2. The standard InChI is InChI=1S/C20H23N5OS/c1-4-25-19(17-10-6-5-8-15(17)2)22-23-20(25)27-14-18(26)24(3)13-16-9-7-11-21-12-16/h5-12H,4,13-14H2,1-3H3. The van der Waals surface area contributed by atoms with Gasteiger partial charge in [-0.15, -0.1) is 10.2 Å². The molecule has 3 aromatic rings. The molecule has 6 nitrogen and oxygen atoms in total. The van der Waals surface area contributed by atoms with E-state index in [4.69, 9.17) is 0 Å². The fourth-order valence-corrected chi connectivity index (χ4v) is 3.74. The number of aryl methyl sites for hydroxylation is 1. The molecule has 0 aliphatic rings. The SMILES string of the molecule is CCn1c(SCC(=O)N(C)Cc2cccnc2)nnc1-c1ccccc1C. The molecule has 2 heterocycles. The molecular formula is C20H23N5OS. The van der Waals surface area contributed by atoms with Gasteiger partial charge in [0.05, 0.1) is 5.75 Å². The smallest absolute Gasteiger partial charge is 0.233 e. The summed E-state index contributed by atoms with van der Waals surface area (Å²) in [6, 6.07) is 12.0. The largest absolute Gasteiger partial charge is 0.341 e. The van der Waals surface area contributed by atoms with Crippen LogP contribution >= 0.6 is 11.8 Å². The van der Waals surface area contributed by atoms with E-state index in [-0.39, 0.29) is 5.91 Å². The first-order chi connectivity index (χ1) is 13.1. The van der Waals surface area contributed by atoms with Gasteiger partial charge in [0.15, 0.2) is 11.0 Å². The summed E-state index contributed by atoms with van der Waals surface area (Å²) < 4.78 is 2.06. The molecule has 0 aliphatic heterocycles. The molecule has 0 bridgehead atoms. The van der Waals surface area contributed by atoms with Gasteiger partial charge < -0.3 is 9.47 Å². The van der Waals surface area contributed by atoms with Crippen molar-refractivity contribution >= 4 is 17.7 Å². The Morgan fingerprint density at radius 3 is 2.70 bits per heavy atom. The molecule has 0 aliphatic carbocycles. The van der Waals surface area contributed by atoms with Crippen molar-refractivity contribution in [2.45, 2.75) is 32.1 Å². The van der Waals surface area contributed by atoms with E-state index in [2.05, 4.69) is 39.7 Å². The Bertz CT molecular complexity index is 910. The minimum atomic E-state index is 0.0481. The molecular weight excluding hydrogens is 358 g/mol. The number of carbonyl (C=O) groups is 1. The summed E-state index contributed by atoms with van der Waals surface area (Å²) in [5.41, 5.74) is 3.24. The van der Waals surface area contributed by atoms with Crippen molar-refractivity contribution in [3.63, 3.8) is 0 Å². The molecule has 0 fully saturated rings. The maximum absolute atomic E-state index is 12.5. The van der Waals surface area contributed by atoms with Gasteiger partial charge in [0.25, 0.3) is 0 Å². The Morgan fingerprint density at radius 2 is 2.00 bits per heavy atom. The minimum Gasteiger partial charge on any atom is -0.341 e. The molecule has 0 atom stereocenters. The predicted molar refractivity (Wildman–Crippen MR) is 107 cm³/mol. The highest BCUT2D eigenvalue weighted by Gasteiger charge is 2.17. The van der Waals surface area contributed by atoms with E-state index in [1.54, 1.807) is 24.3 Å². The van der Waals surface area contributed by atoms with E-state index in [0.717, 1.165) is 34.2 Å². The molecule has 0 unspecified atom stereocenters. The lowest BCUT2D eigenvalue weighted by Gasteiger charge is -2.16. The number of thioether (sulfide) groups is 1. The molecule has 0 N–H and O–H groups in total. The monoisotopic (exact) mass is 381 g/mol. The van der Waals surface area contributed by atoms with Gasteiger partial charge in [-0.2, -0.15) is 0 Å². The third kappa shape index (κ3) is 4.54. The molecule has 0 saturated carbocycles. The van der Waals surface area contributed by atoms with Crippen LogP contribution in [-0.4, -0.2) is 43.4 Å². The number of nitrogens with zero attached hydrogens (tertiary/aromatic N) is 5. The number of rotatable bonds is 7. The van der Waals surface area contributed by atoms with E-state index in [1.165, 1.54) is 11.8 Å². The van der Waals surface area contributed by atoms with Gasteiger partial charge in [0.2, 0.25) is 5.91 Å². The number of benzene rings is 1.